The third-order valence-corrected chi connectivity index (χ3v) is 4.17. The summed E-state index contributed by atoms with van der Waals surface area (Å²) in [7, 11) is 0. The van der Waals surface area contributed by atoms with Crippen LogP contribution in [0.2, 0.25) is 0 Å². The lowest BCUT2D eigenvalue weighted by Crippen LogP contribution is -2.34. The summed E-state index contributed by atoms with van der Waals surface area (Å²) >= 11 is 3.48. The number of aryl methyl sites for hydroxylation is 1. The molecule has 1 atom stereocenters. The maximum absolute atomic E-state index is 12.4. The van der Waals surface area contributed by atoms with Crippen molar-refractivity contribution in [3.8, 4) is 0 Å². The summed E-state index contributed by atoms with van der Waals surface area (Å²) in [5, 5.41) is 0. The monoisotopic (exact) mass is 311 g/mol. The zero-order chi connectivity index (χ0) is 13.7. The average molecular weight is 312 g/mol. The summed E-state index contributed by atoms with van der Waals surface area (Å²) < 4.78 is 0.993. The van der Waals surface area contributed by atoms with Crippen molar-refractivity contribution in [2.45, 2.75) is 34.1 Å². The first kappa shape index (κ1) is 15.2. The molecule has 1 aromatic carbocycles. The Morgan fingerprint density at radius 3 is 2.56 bits per heavy atom. The Morgan fingerprint density at radius 2 is 2.06 bits per heavy atom. The molecule has 0 radical (unpaired) electrons. The molecule has 0 bridgehead atoms. The molecule has 2 nitrogen and oxygen atoms in total. The summed E-state index contributed by atoms with van der Waals surface area (Å²) in [5.74, 6) is 0.668. The van der Waals surface area contributed by atoms with Crippen molar-refractivity contribution < 1.29 is 4.79 Å². The number of amides is 1. The van der Waals surface area contributed by atoms with Crippen LogP contribution in [-0.2, 0) is 0 Å². The van der Waals surface area contributed by atoms with Crippen LogP contribution in [0.4, 0.5) is 0 Å². The van der Waals surface area contributed by atoms with E-state index < -0.39 is 0 Å². The van der Waals surface area contributed by atoms with Crippen LogP contribution >= 0.6 is 15.9 Å². The van der Waals surface area contributed by atoms with Crippen LogP contribution < -0.4 is 0 Å². The van der Waals surface area contributed by atoms with E-state index in [1.165, 1.54) is 0 Å². The molecule has 0 aliphatic rings. The summed E-state index contributed by atoms with van der Waals surface area (Å²) in [6.45, 7) is 9.98. The number of carbonyl (C=O) groups is 1. The lowest BCUT2D eigenvalue weighted by atomic mass is 10.1. The summed E-state index contributed by atoms with van der Waals surface area (Å²) in [4.78, 5) is 14.3. The highest BCUT2D eigenvalue weighted by Gasteiger charge is 2.16. The lowest BCUT2D eigenvalue weighted by molar-refractivity contribution is 0.0741. The van der Waals surface area contributed by atoms with Gasteiger partial charge in [0.2, 0.25) is 0 Å². The van der Waals surface area contributed by atoms with E-state index in [1.54, 1.807) is 0 Å². The second kappa shape index (κ2) is 6.93. The van der Waals surface area contributed by atoms with Gasteiger partial charge in [0.25, 0.3) is 5.91 Å². The molecule has 1 unspecified atom stereocenters. The molecule has 0 aromatic heterocycles. The fourth-order valence-electron chi connectivity index (χ4n) is 1.77. The normalized spacial score (nSPS) is 12.3. The topological polar surface area (TPSA) is 20.3 Å². The first-order chi connectivity index (χ1) is 8.49. The zero-order valence-corrected chi connectivity index (χ0v) is 13.3. The number of hydrogen-bond acceptors (Lipinski definition) is 1. The van der Waals surface area contributed by atoms with Gasteiger partial charge < -0.3 is 4.90 Å². The molecular formula is C15H22BrNO. The maximum atomic E-state index is 12.4. The molecule has 0 N–H and O–H groups in total. The third-order valence-electron chi connectivity index (χ3n) is 3.32. The van der Waals surface area contributed by atoms with Crippen LogP contribution in [0.5, 0.6) is 0 Å². The molecule has 0 saturated heterocycles. The molecule has 18 heavy (non-hydrogen) atoms. The smallest absolute Gasteiger partial charge is 0.253 e. The van der Waals surface area contributed by atoms with Crippen molar-refractivity contribution >= 4 is 21.8 Å². The molecule has 0 aliphatic heterocycles. The Hall–Kier alpha value is -0.830. The molecular weight excluding hydrogens is 290 g/mol. The van der Waals surface area contributed by atoms with Gasteiger partial charge in [-0.3, -0.25) is 4.79 Å². The predicted molar refractivity (Wildman–Crippen MR) is 79.9 cm³/mol. The van der Waals surface area contributed by atoms with Gasteiger partial charge in [-0.25, -0.2) is 0 Å². The molecule has 0 heterocycles. The summed E-state index contributed by atoms with van der Waals surface area (Å²) in [6, 6.07) is 5.80. The fourth-order valence-corrected chi connectivity index (χ4v) is 2.15. The van der Waals surface area contributed by atoms with E-state index in [2.05, 4.69) is 29.8 Å². The van der Waals surface area contributed by atoms with Gasteiger partial charge in [0, 0.05) is 23.1 Å². The zero-order valence-electron chi connectivity index (χ0n) is 11.7. The standard InChI is InChI=1S/C15H22BrNO/c1-5-11(3)10-17(6-2)15(18)13-8-7-12(4)14(16)9-13/h7-9,11H,5-6,10H2,1-4H3. The van der Waals surface area contributed by atoms with Gasteiger partial charge in [0.1, 0.15) is 0 Å². The van der Waals surface area contributed by atoms with Crippen LogP contribution in [0.1, 0.15) is 43.1 Å². The van der Waals surface area contributed by atoms with Crippen LogP contribution in [-0.4, -0.2) is 23.9 Å². The SMILES string of the molecule is CCC(C)CN(CC)C(=O)c1ccc(C)c(Br)c1. The van der Waals surface area contributed by atoms with Gasteiger partial charge in [-0.1, -0.05) is 42.3 Å². The minimum Gasteiger partial charge on any atom is -0.339 e. The highest BCUT2D eigenvalue weighted by molar-refractivity contribution is 9.10. The van der Waals surface area contributed by atoms with Crippen LogP contribution in [0.25, 0.3) is 0 Å². The predicted octanol–water partition coefficient (Wildman–Crippen LogP) is 4.27. The van der Waals surface area contributed by atoms with Gasteiger partial charge in [-0.05, 0) is 37.5 Å². The minimum absolute atomic E-state index is 0.124. The Bertz CT molecular complexity index is 417. The summed E-state index contributed by atoms with van der Waals surface area (Å²) in [5.41, 5.74) is 1.91. The Balaban J connectivity index is 2.86. The first-order valence-corrected chi connectivity index (χ1v) is 7.34. The van der Waals surface area contributed by atoms with Crippen LogP contribution in [0.3, 0.4) is 0 Å². The summed E-state index contributed by atoms with van der Waals surface area (Å²) in [6.07, 6.45) is 1.10. The maximum Gasteiger partial charge on any atom is 0.253 e. The number of carbonyl (C=O) groups excluding carboxylic acids is 1. The van der Waals surface area contributed by atoms with E-state index in [4.69, 9.17) is 0 Å². The Labute approximate surface area is 119 Å². The lowest BCUT2D eigenvalue weighted by Gasteiger charge is -2.24. The second-order valence-electron chi connectivity index (χ2n) is 4.82. The largest absolute Gasteiger partial charge is 0.339 e. The van der Waals surface area contributed by atoms with E-state index in [1.807, 2.05) is 36.9 Å². The number of nitrogens with zero attached hydrogens (tertiary/aromatic N) is 1. The van der Waals surface area contributed by atoms with Crippen molar-refractivity contribution in [2.24, 2.45) is 5.92 Å². The van der Waals surface area contributed by atoms with E-state index in [0.29, 0.717) is 5.92 Å². The van der Waals surface area contributed by atoms with Gasteiger partial charge >= 0.3 is 0 Å². The van der Waals surface area contributed by atoms with Crippen LogP contribution in [0, 0.1) is 12.8 Å². The number of rotatable bonds is 5. The first-order valence-electron chi connectivity index (χ1n) is 6.55. The van der Waals surface area contributed by atoms with Crippen LogP contribution in [0.15, 0.2) is 22.7 Å². The highest BCUT2D eigenvalue weighted by atomic mass is 79.9. The molecule has 0 aliphatic carbocycles. The minimum atomic E-state index is 0.124. The quantitative estimate of drug-likeness (QED) is 0.795. The molecule has 0 spiro atoms. The molecule has 1 aromatic rings. The van der Waals surface area contributed by atoms with Crippen molar-refractivity contribution in [3.63, 3.8) is 0 Å². The number of benzene rings is 1. The molecule has 0 fully saturated rings. The van der Waals surface area contributed by atoms with Crippen molar-refractivity contribution in [2.75, 3.05) is 13.1 Å². The molecule has 1 amide bonds. The average Bonchev–Trinajstić information content (AvgIpc) is 2.38. The molecule has 3 heteroatoms. The Morgan fingerprint density at radius 1 is 1.39 bits per heavy atom. The van der Waals surface area contributed by atoms with Crippen molar-refractivity contribution in [1.82, 2.24) is 4.90 Å². The Kier molecular flexibility index (Phi) is 5.86. The molecule has 1 rings (SSSR count). The second-order valence-corrected chi connectivity index (χ2v) is 5.68. The highest BCUT2D eigenvalue weighted by Crippen LogP contribution is 2.19. The number of halogens is 1. The van der Waals surface area contributed by atoms with Gasteiger partial charge in [-0.15, -0.1) is 0 Å². The fraction of sp³-hybridized carbons (Fsp3) is 0.533. The van der Waals surface area contributed by atoms with Gasteiger partial charge in [0.15, 0.2) is 0 Å². The third kappa shape index (κ3) is 3.84. The van der Waals surface area contributed by atoms with E-state index >= 15 is 0 Å². The van der Waals surface area contributed by atoms with E-state index in [0.717, 1.165) is 35.1 Å². The number of hydrogen-bond donors (Lipinski definition) is 0. The molecule has 0 saturated carbocycles. The van der Waals surface area contributed by atoms with E-state index in [-0.39, 0.29) is 5.91 Å². The molecule has 100 valence electrons. The van der Waals surface area contributed by atoms with Crippen molar-refractivity contribution in [3.05, 3.63) is 33.8 Å². The van der Waals surface area contributed by atoms with Gasteiger partial charge in [-0.2, -0.15) is 0 Å². The van der Waals surface area contributed by atoms with E-state index in [9.17, 15) is 4.79 Å². The van der Waals surface area contributed by atoms with Gasteiger partial charge in [0.05, 0.1) is 0 Å². The van der Waals surface area contributed by atoms with Crippen molar-refractivity contribution in [1.29, 1.82) is 0 Å².